The summed E-state index contributed by atoms with van der Waals surface area (Å²) in [5.41, 5.74) is 8.74. The first kappa shape index (κ1) is 23.5. The lowest BCUT2D eigenvalue weighted by Gasteiger charge is -2.25. The van der Waals surface area contributed by atoms with E-state index in [1.54, 1.807) is 18.2 Å². The molecule has 0 spiro atoms. The van der Waals surface area contributed by atoms with Crippen molar-refractivity contribution in [3.63, 3.8) is 0 Å². The molecule has 184 valence electrons. The van der Waals surface area contributed by atoms with Gasteiger partial charge in [-0.05, 0) is 62.2 Å². The molecule has 1 fully saturated rings. The maximum Gasteiger partial charge on any atom is 0.335 e. The quantitative estimate of drug-likeness (QED) is 0.376. The van der Waals surface area contributed by atoms with Crippen molar-refractivity contribution in [3.8, 4) is 11.4 Å². The van der Waals surface area contributed by atoms with Gasteiger partial charge in [-0.1, -0.05) is 25.3 Å². The van der Waals surface area contributed by atoms with Crippen molar-refractivity contribution < 1.29 is 19.5 Å². The van der Waals surface area contributed by atoms with Gasteiger partial charge in [0, 0.05) is 17.0 Å². The van der Waals surface area contributed by atoms with E-state index < -0.39 is 23.8 Å². The third-order valence-electron chi connectivity index (χ3n) is 6.83. The Hall–Kier alpha value is -4.27. The fourth-order valence-corrected chi connectivity index (χ4v) is 4.88. The van der Waals surface area contributed by atoms with E-state index >= 15 is 0 Å². The van der Waals surface area contributed by atoms with Gasteiger partial charge in [-0.2, -0.15) is 0 Å². The zero-order chi connectivity index (χ0) is 25.4. The van der Waals surface area contributed by atoms with Crippen molar-refractivity contribution in [1.82, 2.24) is 19.9 Å². The van der Waals surface area contributed by atoms with Crippen molar-refractivity contribution >= 4 is 39.7 Å². The molecule has 2 aromatic carbocycles. The minimum atomic E-state index is -0.979. The minimum absolute atomic E-state index is 0.194. The molecule has 36 heavy (non-hydrogen) atoms. The monoisotopic (exact) mass is 485 g/mol. The second-order valence-electron chi connectivity index (χ2n) is 9.31. The number of amides is 2. The van der Waals surface area contributed by atoms with Gasteiger partial charge in [-0.15, -0.1) is 0 Å². The number of carbonyl (C=O) groups excluding carboxylic acids is 2. The largest absolute Gasteiger partial charge is 0.478 e. The number of nitrogens with two attached hydrogens (primary N) is 1. The van der Waals surface area contributed by atoms with Gasteiger partial charge in [0.1, 0.15) is 17.6 Å². The number of imidazole rings is 1. The van der Waals surface area contributed by atoms with E-state index in [-0.39, 0.29) is 11.3 Å². The molecule has 1 saturated carbocycles. The summed E-state index contributed by atoms with van der Waals surface area (Å²) in [7, 11) is 0. The molecule has 4 N–H and O–H groups in total. The summed E-state index contributed by atoms with van der Waals surface area (Å²) >= 11 is 0. The number of fused-ring (bicyclic) bond motifs is 2. The van der Waals surface area contributed by atoms with Crippen molar-refractivity contribution in [2.45, 2.75) is 51.1 Å². The number of hydrogen-bond acceptors (Lipinski definition) is 5. The maximum atomic E-state index is 12.4. The van der Waals surface area contributed by atoms with Crippen LogP contribution in [0.1, 0.15) is 65.9 Å². The van der Waals surface area contributed by atoms with E-state index in [4.69, 9.17) is 10.7 Å². The van der Waals surface area contributed by atoms with Gasteiger partial charge in [0.2, 0.25) is 5.91 Å². The van der Waals surface area contributed by atoms with E-state index in [0.717, 1.165) is 48.0 Å². The number of pyridine rings is 1. The Balaban J connectivity index is 1.56. The fraction of sp³-hybridized carbons (Fsp3) is 0.296. The van der Waals surface area contributed by atoms with Crippen LogP contribution in [0.3, 0.4) is 0 Å². The molecule has 2 aromatic heterocycles. The molecular weight excluding hydrogens is 458 g/mol. The average molecular weight is 486 g/mol. The van der Waals surface area contributed by atoms with Gasteiger partial charge in [-0.3, -0.25) is 9.59 Å². The number of nitrogens with one attached hydrogen (secondary N) is 1. The highest BCUT2D eigenvalue weighted by atomic mass is 16.4. The molecule has 0 unspecified atom stereocenters. The third-order valence-corrected chi connectivity index (χ3v) is 6.83. The van der Waals surface area contributed by atoms with Crippen molar-refractivity contribution in [3.05, 3.63) is 59.8 Å². The zero-order valence-corrected chi connectivity index (χ0v) is 19.9. The summed E-state index contributed by atoms with van der Waals surface area (Å²) in [4.78, 5) is 44.6. The molecule has 2 amide bonds. The van der Waals surface area contributed by atoms with Crippen molar-refractivity contribution in [1.29, 1.82) is 0 Å². The molecule has 1 aliphatic rings. The minimum Gasteiger partial charge on any atom is -0.478 e. The number of carbonyl (C=O) groups is 3. The maximum absolute atomic E-state index is 12.4. The lowest BCUT2D eigenvalue weighted by molar-refractivity contribution is -0.119. The van der Waals surface area contributed by atoms with E-state index in [1.807, 2.05) is 30.3 Å². The van der Waals surface area contributed by atoms with Crippen LogP contribution in [0.15, 0.2) is 48.5 Å². The molecule has 9 heteroatoms. The number of primary amides is 1. The number of aromatic carboxylic acids is 1. The topological polar surface area (TPSA) is 140 Å². The summed E-state index contributed by atoms with van der Waals surface area (Å²) in [5, 5.41) is 12.8. The Morgan fingerprint density at radius 3 is 2.50 bits per heavy atom. The number of carboxylic acid groups (broad SMARTS) is 1. The second-order valence-corrected chi connectivity index (χ2v) is 9.31. The zero-order valence-electron chi connectivity index (χ0n) is 19.9. The molecule has 0 radical (unpaired) electrons. The lowest BCUT2D eigenvalue weighted by Crippen LogP contribution is -2.42. The van der Waals surface area contributed by atoms with E-state index in [9.17, 15) is 19.5 Å². The van der Waals surface area contributed by atoms with Gasteiger partial charge in [-0.25, -0.2) is 14.8 Å². The van der Waals surface area contributed by atoms with Gasteiger partial charge < -0.3 is 20.7 Å². The van der Waals surface area contributed by atoms with Crippen LogP contribution in [0.4, 0.5) is 0 Å². The van der Waals surface area contributed by atoms with Gasteiger partial charge in [0.05, 0.1) is 22.1 Å². The highest BCUT2D eigenvalue weighted by Crippen LogP contribution is 2.36. The first-order chi connectivity index (χ1) is 17.3. The molecule has 0 bridgehead atoms. The first-order valence-corrected chi connectivity index (χ1v) is 12.1. The van der Waals surface area contributed by atoms with Gasteiger partial charge in [0.25, 0.3) is 5.91 Å². The normalized spacial score (nSPS) is 15.1. The van der Waals surface area contributed by atoms with Crippen LogP contribution in [-0.2, 0) is 4.79 Å². The fourth-order valence-electron chi connectivity index (χ4n) is 4.88. The Labute approximate surface area is 207 Å². The van der Waals surface area contributed by atoms with Crippen molar-refractivity contribution in [2.75, 3.05) is 0 Å². The Morgan fingerprint density at radius 1 is 1.00 bits per heavy atom. The van der Waals surface area contributed by atoms with Crippen molar-refractivity contribution in [2.24, 2.45) is 5.73 Å². The Morgan fingerprint density at radius 2 is 1.78 bits per heavy atom. The third kappa shape index (κ3) is 4.39. The number of rotatable bonds is 6. The number of hydrogen-bond donors (Lipinski definition) is 3. The summed E-state index contributed by atoms with van der Waals surface area (Å²) in [5.74, 6) is -1.28. The van der Waals surface area contributed by atoms with Crippen LogP contribution in [0.5, 0.6) is 0 Å². The molecule has 5 rings (SSSR count). The molecule has 1 atom stereocenters. The van der Waals surface area contributed by atoms with Crippen LogP contribution in [0, 0.1) is 0 Å². The summed E-state index contributed by atoms with van der Waals surface area (Å²) in [6.07, 6.45) is 5.63. The highest BCUT2D eigenvalue weighted by molar-refractivity contribution is 5.98. The lowest BCUT2D eigenvalue weighted by atomic mass is 9.94. The van der Waals surface area contributed by atoms with Crippen LogP contribution >= 0.6 is 0 Å². The number of nitrogens with zero attached hydrogens (tertiary/aromatic N) is 3. The molecule has 0 saturated heterocycles. The van der Waals surface area contributed by atoms with Crippen LogP contribution < -0.4 is 11.1 Å². The molecule has 0 aliphatic heterocycles. The second kappa shape index (κ2) is 9.41. The summed E-state index contributed by atoms with van der Waals surface area (Å²) in [6.45, 7) is 1.52. The van der Waals surface area contributed by atoms with E-state index in [2.05, 4.69) is 14.9 Å². The molecule has 2 heterocycles. The van der Waals surface area contributed by atoms with E-state index in [0.29, 0.717) is 17.1 Å². The average Bonchev–Trinajstić information content (AvgIpc) is 3.27. The highest BCUT2D eigenvalue weighted by Gasteiger charge is 2.23. The molecule has 9 nitrogen and oxygen atoms in total. The predicted octanol–water partition coefficient (Wildman–Crippen LogP) is 4.06. The number of benzene rings is 2. The Bertz CT molecular complexity index is 1500. The standard InChI is InChI=1S/C27H27N5O4/c1-15(24(28)33)29-26(34)21-11-7-16-13-17(8-10-20(16)30-21)25-31-22-14-18(27(35)36)9-12-23(22)32(25)19-5-3-2-4-6-19/h7-15,19H,2-6H2,1H3,(H2,28,33)(H,29,34)(H,35,36)/t15-/m0/s1. The smallest absolute Gasteiger partial charge is 0.335 e. The first-order valence-electron chi connectivity index (χ1n) is 12.1. The number of aromatic nitrogens is 3. The number of carboxylic acids is 1. The molecule has 1 aliphatic carbocycles. The van der Waals surface area contributed by atoms with Crippen LogP contribution in [-0.4, -0.2) is 43.5 Å². The molecular formula is C27H27N5O4. The predicted molar refractivity (Wildman–Crippen MR) is 136 cm³/mol. The van der Waals surface area contributed by atoms with Gasteiger partial charge >= 0.3 is 5.97 Å². The SMILES string of the molecule is C[C@H](NC(=O)c1ccc2cc(-c3nc4cc(C(=O)O)ccc4n3C3CCCCC3)ccc2n1)C(N)=O. The Kier molecular flexibility index (Phi) is 6.13. The summed E-state index contributed by atoms with van der Waals surface area (Å²) in [6, 6.07) is 13.8. The van der Waals surface area contributed by atoms with Gasteiger partial charge in [0.15, 0.2) is 0 Å². The molecule has 4 aromatic rings. The van der Waals surface area contributed by atoms with E-state index in [1.165, 1.54) is 13.3 Å². The van der Waals surface area contributed by atoms with Crippen LogP contribution in [0.2, 0.25) is 0 Å². The summed E-state index contributed by atoms with van der Waals surface area (Å²) < 4.78 is 2.25. The van der Waals surface area contributed by atoms with Crippen LogP contribution in [0.25, 0.3) is 33.3 Å².